The number of benzene rings is 1. The SMILES string of the molecule is Nc1c(F)cccc1C(=O)CC1CC1. The third kappa shape index (κ3) is 1.76. The Hall–Kier alpha value is -1.38. The summed E-state index contributed by atoms with van der Waals surface area (Å²) < 4.78 is 13.0. The highest BCUT2D eigenvalue weighted by Crippen LogP contribution is 2.34. The van der Waals surface area contributed by atoms with Crippen LogP contribution in [-0.2, 0) is 0 Å². The molecule has 0 spiro atoms. The quantitative estimate of drug-likeness (QED) is 0.591. The number of rotatable bonds is 3. The number of hydrogen-bond donors (Lipinski definition) is 1. The van der Waals surface area contributed by atoms with Gasteiger partial charge in [0.1, 0.15) is 5.82 Å². The van der Waals surface area contributed by atoms with Gasteiger partial charge in [-0.15, -0.1) is 0 Å². The molecule has 0 heterocycles. The van der Waals surface area contributed by atoms with Crippen LogP contribution in [0.15, 0.2) is 18.2 Å². The summed E-state index contributed by atoms with van der Waals surface area (Å²) in [6.45, 7) is 0. The number of carbonyl (C=O) groups is 1. The van der Waals surface area contributed by atoms with Crippen molar-refractivity contribution < 1.29 is 9.18 Å². The molecule has 1 aromatic rings. The van der Waals surface area contributed by atoms with E-state index < -0.39 is 5.82 Å². The van der Waals surface area contributed by atoms with Crippen LogP contribution in [0.3, 0.4) is 0 Å². The number of nitrogens with two attached hydrogens (primary N) is 1. The molecule has 2 N–H and O–H groups in total. The summed E-state index contributed by atoms with van der Waals surface area (Å²) in [6, 6.07) is 4.37. The summed E-state index contributed by atoms with van der Waals surface area (Å²) >= 11 is 0. The highest BCUT2D eigenvalue weighted by molar-refractivity contribution is 6.01. The summed E-state index contributed by atoms with van der Waals surface area (Å²) in [4.78, 5) is 11.6. The zero-order chi connectivity index (χ0) is 10.1. The largest absolute Gasteiger partial charge is 0.396 e. The van der Waals surface area contributed by atoms with E-state index in [1.54, 1.807) is 6.07 Å². The maximum absolute atomic E-state index is 13.0. The molecule has 0 unspecified atom stereocenters. The molecule has 0 atom stereocenters. The minimum Gasteiger partial charge on any atom is -0.396 e. The Morgan fingerprint density at radius 2 is 2.21 bits per heavy atom. The van der Waals surface area contributed by atoms with Crippen molar-refractivity contribution in [2.24, 2.45) is 5.92 Å². The molecule has 1 aliphatic rings. The third-order valence-corrected chi connectivity index (χ3v) is 2.52. The van der Waals surface area contributed by atoms with Gasteiger partial charge in [-0.05, 0) is 30.9 Å². The van der Waals surface area contributed by atoms with E-state index in [1.807, 2.05) is 0 Å². The van der Waals surface area contributed by atoms with Gasteiger partial charge < -0.3 is 5.73 Å². The van der Waals surface area contributed by atoms with Crippen LogP contribution in [0.2, 0.25) is 0 Å². The average Bonchev–Trinajstić information content (AvgIpc) is 2.93. The summed E-state index contributed by atoms with van der Waals surface area (Å²) in [5, 5.41) is 0. The van der Waals surface area contributed by atoms with Gasteiger partial charge in [-0.2, -0.15) is 0 Å². The van der Waals surface area contributed by atoms with E-state index in [1.165, 1.54) is 12.1 Å². The first-order valence-electron chi connectivity index (χ1n) is 4.75. The number of anilines is 1. The molecule has 0 amide bonds. The molecule has 1 saturated carbocycles. The Morgan fingerprint density at radius 1 is 1.50 bits per heavy atom. The van der Waals surface area contributed by atoms with Crippen LogP contribution in [0.4, 0.5) is 10.1 Å². The fourth-order valence-electron chi connectivity index (χ4n) is 1.47. The van der Waals surface area contributed by atoms with Crippen LogP contribution >= 0.6 is 0 Å². The number of ketones is 1. The smallest absolute Gasteiger partial charge is 0.165 e. The fraction of sp³-hybridized carbons (Fsp3) is 0.364. The van der Waals surface area contributed by atoms with Crippen LogP contribution < -0.4 is 5.73 Å². The van der Waals surface area contributed by atoms with Crippen molar-refractivity contribution in [1.82, 2.24) is 0 Å². The molecule has 14 heavy (non-hydrogen) atoms. The predicted octanol–water partition coefficient (Wildman–Crippen LogP) is 2.39. The second kappa shape index (κ2) is 3.40. The number of halogens is 1. The monoisotopic (exact) mass is 193 g/mol. The Labute approximate surface area is 81.9 Å². The van der Waals surface area contributed by atoms with Crippen LogP contribution in [0.25, 0.3) is 0 Å². The van der Waals surface area contributed by atoms with E-state index >= 15 is 0 Å². The van der Waals surface area contributed by atoms with E-state index in [2.05, 4.69) is 0 Å². The second-order valence-corrected chi connectivity index (χ2v) is 3.77. The standard InChI is InChI=1S/C11H12FNO/c12-9-3-1-2-8(11(9)13)10(14)6-7-4-5-7/h1-3,7H,4-6,13H2. The number of Topliss-reactive ketones (excluding diaryl/α,β-unsaturated/α-hetero) is 1. The molecule has 2 rings (SSSR count). The number of carbonyl (C=O) groups excluding carboxylic acids is 1. The van der Waals surface area contributed by atoms with E-state index in [-0.39, 0.29) is 11.5 Å². The van der Waals surface area contributed by atoms with Gasteiger partial charge in [0.25, 0.3) is 0 Å². The minimum atomic E-state index is -0.508. The number of hydrogen-bond acceptors (Lipinski definition) is 2. The highest BCUT2D eigenvalue weighted by atomic mass is 19.1. The molecule has 74 valence electrons. The zero-order valence-corrected chi connectivity index (χ0v) is 7.79. The van der Waals surface area contributed by atoms with Crippen LogP contribution in [0.1, 0.15) is 29.6 Å². The van der Waals surface area contributed by atoms with Gasteiger partial charge in [-0.25, -0.2) is 4.39 Å². The molecule has 1 aromatic carbocycles. The van der Waals surface area contributed by atoms with Gasteiger partial charge in [-0.3, -0.25) is 4.79 Å². The molecule has 3 heteroatoms. The van der Waals surface area contributed by atoms with Crippen molar-refractivity contribution in [3.63, 3.8) is 0 Å². The lowest BCUT2D eigenvalue weighted by atomic mass is 10.0. The minimum absolute atomic E-state index is 0.0156. The van der Waals surface area contributed by atoms with Gasteiger partial charge >= 0.3 is 0 Å². The van der Waals surface area contributed by atoms with Crippen molar-refractivity contribution in [1.29, 1.82) is 0 Å². The maximum Gasteiger partial charge on any atom is 0.165 e. The Kier molecular flexibility index (Phi) is 2.23. The maximum atomic E-state index is 13.0. The molecule has 0 radical (unpaired) electrons. The van der Waals surface area contributed by atoms with Crippen molar-refractivity contribution in [2.45, 2.75) is 19.3 Å². The lowest BCUT2D eigenvalue weighted by molar-refractivity contribution is 0.0976. The van der Waals surface area contributed by atoms with Crippen molar-refractivity contribution in [3.05, 3.63) is 29.6 Å². The Morgan fingerprint density at radius 3 is 2.86 bits per heavy atom. The summed E-state index contributed by atoms with van der Waals surface area (Å²) in [7, 11) is 0. The number of para-hydroxylation sites is 1. The topological polar surface area (TPSA) is 43.1 Å². The van der Waals surface area contributed by atoms with Gasteiger partial charge in [-0.1, -0.05) is 6.07 Å². The normalized spacial score (nSPS) is 15.5. The van der Waals surface area contributed by atoms with Gasteiger partial charge in [0.05, 0.1) is 5.69 Å². The lowest BCUT2D eigenvalue weighted by Gasteiger charge is -2.04. The molecular formula is C11H12FNO. The first kappa shape index (κ1) is 9.19. The zero-order valence-electron chi connectivity index (χ0n) is 7.79. The highest BCUT2D eigenvalue weighted by Gasteiger charge is 2.25. The van der Waals surface area contributed by atoms with Crippen molar-refractivity contribution in [2.75, 3.05) is 5.73 Å². The first-order chi connectivity index (χ1) is 6.68. The summed E-state index contributed by atoms with van der Waals surface area (Å²) in [5.41, 5.74) is 5.80. The molecule has 0 bridgehead atoms. The van der Waals surface area contributed by atoms with Crippen LogP contribution in [0, 0.1) is 11.7 Å². The lowest BCUT2D eigenvalue weighted by Crippen LogP contribution is -2.06. The first-order valence-corrected chi connectivity index (χ1v) is 4.75. The summed E-state index contributed by atoms with van der Waals surface area (Å²) in [5.74, 6) is -0.0404. The van der Waals surface area contributed by atoms with E-state index in [4.69, 9.17) is 5.73 Å². The molecule has 0 saturated heterocycles. The van der Waals surface area contributed by atoms with Crippen molar-refractivity contribution in [3.8, 4) is 0 Å². The molecule has 0 aromatic heterocycles. The fourth-order valence-corrected chi connectivity index (χ4v) is 1.47. The molecule has 1 aliphatic carbocycles. The average molecular weight is 193 g/mol. The van der Waals surface area contributed by atoms with Gasteiger partial charge in [0.15, 0.2) is 5.78 Å². The van der Waals surface area contributed by atoms with E-state index in [0.29, 0.717) is 17.9 Å². The summed E-state index contributed by atoms with van der Waals surface area (Å²) in [6.07, 6.45) is 2.73. The molecule has 2 nitrogen and oxygen atoms in total. The van der Waals surface area contributed by atoms with E-state index in [0.717, 1.165) is 12.8 Å². The molecule has 1 fully saturated rings. The predicted molar refractivity (Wildman–Crippen MR) is 52.5 cm³/mol. The Bertz CT molecular complexity index is 372. The molecule has 0 aliphatic heterocycles. The van der Waals surface area contributed by atoms with Crippen LogP contribution in [0.5, 0.6) is 0 Å². The van der Waals surface area contributed by atoms with Crippen molar-refractivity contribution >= 4 is 11.5 Å². The van der Waals surface area contributed by atoms with Gasteiger partial charge in [0.2, 0.25) is 0 Å². The van der Waals surface area contributed by atoms with E-state index in [9.17, 15) is 9.18 Å². The van der Waals surface area contributed by atoms with Crippen LogP contribution in [-0.4, -0.2) is 5.78 Å². The third-order valence-electron chi connectivity index (χ3n) is 2.52. The van der Waals surface area contributed by atoms with Gasteiger partial charge in [0, 0.05) is 12.0 Å². The number of nitrogen functional groups attached to an aromatic ring is 1. The molecular weight excluding hydrogens is 181 g/mol. The Balaban J connectivity index is 2.21. The second-order valence-electron chi connectivity index (χ2n) is 3.77.